The molecule has 1 fully saturated rings. The van der Waals surface area contributed by atoms with Crippen LogP contribution in [0.2, 0.25) is 0 Å². The number of alkyl carbamates (subject to hydrolysis) is 2. The van der Waals surface area contributed by atoms with Crippen LogP contribution >= 0.6 is 0 Å². The largest absolute Gasteiger partial charge is 0.480 e. The number of nitrogens with zero attached hydrogens (tertiary/aromatic N) is 1. The number of carboxylic acids is 1. The number of nitrogens with one attached hydrogen (secondary N) is 2. The number of likely N-dealkylation sites (tertiary alicyclic amines) is 1. The minimum atomic E-state index is -1.39. The van der Waals surface area contributed by atoms with Crippen molar-refractivity contribution in [2.75, 3.05) is 19.7 Å². The lowest BCUT2D eigenvalue weighted by molar-refractivity contribution is -0.153. The molecule has 1 aromatic carbocycles. The second-order valence-electron chi connectivity index (χ2n) is 13.6. The number of aliphatic carboxylic acids is 1. The Bertz CT molecular complexity index is 1330. The molecule has 3 unspecified atom stereocenters. The second-order valence-corrected chi connectivity index (χ2v) is 13.6. The van der Waals surface area contributed by atoms with Gasteiger partial charge in [0, 0.05) is 6.42 Å². The van der Waals surface area contributed by atoms with Gasteiger partial charge in [0.05, 0.1) is 25.6 Å². The third-order valence-corrected chi connectivity index (χ3v) is 7.95. The molecule has 4 atom stereocenters. The van der Waals surface area contributed by atoms with Gasteiger partial charge in [-0.3, -0.25) is 9.59 Å². The summed E-state index contributed by atoms with van der Waals surface area (Å²) < 4.78 is 16.4. The standard InChI is InChI=1S/C34H47N3O9/c1-8-10-14-34(6,7)20-44-32(43)36-26(18-35-31(42)46-33(3,4)5)28(38)37-19-24(17-27(37)29(39)40)45-30(41)23-15-22-13-11-12-21(9-2)25(22)16-23/h8-9,11-13,23-24,26-27H,1-2,10,14-20H2,3-7H3,(H,35,42)(H,36,43)(H,39,40)/t23?,24?,26-,27?/m0/s1. The summed E-state index contributed by atoms with van der Waals surface area (Å²) in [5.41, 5.74) is 1.84. The smallest absolute Gasteiger partial charge is 0.407 e. The Morgan fingerprint density at radius 3 is 2.43 bits per heavy atom. The fraction of sp³-hybridized carbons (Fsp3) is 0.559. The molecule has 3 N–H and O–H groups in total. The van der Waals surface area contributed by atoms with Gasteiger partial charge in [0.2, 0.25) is 5.91 Å². The summed E-state index contributed by atoms with van der Waals surface area (Å²) in [4.78, 5) is 65.4. The van der Waals surface area contributed by atoms with Gasteiger partial charge in [0.25, 0.3) is 0 Å². The predicted octanol–water partition coefficient (Wildman–Crippen LogP) is 4.25. The molecule has 3 rings (SSSR count). The van der Waals surface area contributed by atoms with Crippen molar-refractivity contribution in [2.45, 2.75) is 90.5 Å². The van der Waals surface area contributed by atoms with Crippen molar-refractivity contribution < 1.29 is 43.3 Å². The third-order valence-electron chi connectivity index (χ3n) is 7.95. The van der Waals surface area contributed by atoms with Crippen LogP contribution in [0.5, 0.6) is 0 Å². The Kier molecular flexibility index (Phi) is 12.0. The van der Waals surface area contributed by atoms with Gasteiger partial charge in [-0.15, -0.1) is 6.58 Å². The number of allylic oxidation sites excluding steroid dienone is 1. The zero-order chi connectivity index (χ0) is 34.2. The van der Waals surface area contributed by atoms with Crippen LogP contribution in [0.3, 0.4) is 0 Å². The molecular weight excluding hydrogens is 594 g/mol. The fourth-order valence-corrected chi connectivity index (χ4v) is 5.57. The molecule has 1 aliphatic carbocycles. The molecular formula is C34H47N3O9. The van der Waals surface area contributed by atoms with Gasteiger partial charge in [-0.1, -0.05) is 50.8 Å². The highest BCUT2D eigenvalue weighted by Gasteiger charge is 2.45. The molecule has 2 aliphatic rings. The van der Waals surface area contributed by atoms with E-state index in [2.05, 4.69) is 23.8 Å². The maximum absolute atomic E-state index is 13.8. The lowest BCUT2D eigenvalue weighted by Crippen LogP contribution is -2.56. The number of amides is 3. The molecule has 0 bridgehead atoms. The highest BCUT2D eigenvalue weighted by atomic mass is 16.6. The first kappa shape index (κ1) is 36.1. The highest BCUT2D eigenvalue weighted by Crippen LogP contribution is 2.32. The molecule has 0 radical (unpaired) electrons. The van der Waals surface area contributed by atoms with E-state index in [4.69, 9.17) is 14.2 Å². The van der Waals surface area contributed by atoms with Gasteiger partial charge in [-0.2, -0.15) is 0 Å². The van der Waals surface area contributed by atoms with Crippen LogP contribution in [0.25, 0.3) is 6.08 Å². The monoisotopic (exact) mass is 641 g/mol. The molecule has 252 valence electrons. The number of carbonyl (C=O) groups is 5. The van der Waals surface area contributed by atoms with E-state index >= 15 is 0 Å². The normalized spacial score (nSPS) is 19.8. The minimum absolute atomic E-state index is 0.0475. The number of fused-ring (bicyclic) bond motifs is 1. The van der Waals surface area contributed by atoms with Crippen molar-refractivity contribution in [1.82, 2.24) is 15.5 Å². The lowest BCUT2D eigenvalue weighted by Gasteiger charge is -2.28. The van der Waals surface area contributed by atoms with Crippen molar-refractivity contribution in [2.24, 2.45) is 11.3 Å². The van der Waals surface area contributed by atoms with Crippen LogP contribution < -0.4 is 10.6 Å². The summed E-state index contributed by atoms with van der Waals surface area (Å²) in [6.07, 6.45) is 3.16. The molecule has 0 saturated carbocycles. The number of rotatable bonds is 13. The Balaban J connectivity index is 1.71. The summed E-state index contributed by atoms with van der Waals surface area (Å²) in [5.74, 6) is -2.99. The first-order chi connectivity index (χ1) is 21.5. The van der Waals surface area contributed by atoms with E-state index in [-0.39, 0.29) is 25.0 Å². The Hall–Kier alpha value is -4.35. The Morgan fingerprint density at radius 2 is 1.80 bits per heavy atom. The maximum atomic E-state index is 13.8. The molecule has 1 heterocycles. The van der Waals surface area contributed by atoms with E-state index in [1.165, 1.54) is 0 Å². The van der Waals surface area contributed by atoms with Crippen LogP contribution in [0.15, 0.2) is 37.4 Å². The van der Waals surface area contributed by atoms with Gasteiger partial charge in [-0.25, -0.2) is 14.4 Å². The number of carboxylic acid groups (broad SMARTS) is 1. The van der Waals surface area contributed by atoms with Gasteiger partial charge >= 0.3 is 24.1 Å². The Morgan fingerprint density at radius 1 is 1.09 bits per heavy atom. The number of esters is 1. The number of hydrogen-bond acceptors (Lipinski definition) is 8. The molecule has 1 aromatic rings. The average Bonchev–Trinajstić information content (AvgIpc) is 3.61. The molecule has 3 amide bonds. The average molecular weight is 642 g/mol. The number of ether oxygens (including phenoxy) is 3. The first-order valence-electron chi connectivity index (χ1n) is 15.5. The topological polar surface area (TPSA) is 161 Å². The lowest BCUT2D eigenvalue weighted by atomic mass is 9.89. The van der Waals surface area contributed by atoms with Crippen LogP contribution in [-0.2, 0) is 41.4 Å². The predicted molar refractivity (Wildman–Crippen MR) is 171 cm³/mol. The van der Waals surface area contributed by atoms with E-state index < -0.39 is 66.3 Å². The molecule has 0 spiro atoms. The third kappa shape index (κ3) is 10.1. The van der Waals surface area contributed by atoms with E-state index in [1.807, 2.05) is 32.0 Å². The zero-order valence-electron chi connectivity index (χ0n) is 27.4. The molecule has 12 heteroatoms. The molecule has 1 aliphatic heterocycles. The second kappa shape index (κ2) is 15.3. The number of benzene rings is 1. The van der Waals surface area contributed by atoms with Crippen LogP contribution in [0, 0.1) is 11.3 Å². The van der Waals surface area contributed by atoms with Crippen molar-refractivity contribution in [3.63, 3.8) is 0 Å². The summed E-state index contributed by atoms with van der Waals surface area (Å²) in [6.45, 7) is 15.8. The maximum Gasteiger partial charge on any atom is 0.407 e. The van der Waals surface area contributed by atoms with Gasteiger partial charge in [-0.05, 0) is 68.6 Å². The minimum Gasteiger partial charge on any atom is -0.480 e. The van der Waals surface area contributed by atoms with E-state index in [0.717, 1.165) is 28.0 Å². The van der Waals surface area contributed by atoms with E-state index in [0.29, 0.717) is 19.3 Å². The summed E-state index contributed by atoms with van der Waals surface area (Å²) >= 11 is 0. The van der Waals surface area contributed by atoms with Crippen molar-refractivity contribution >= 4 is 36.1 Å². The summed E-state index contributed by atoms with van der Waals surface area (Å²) in [5, 5.41) is 14.9. The highest BCUT2D eigenvalue weighted by molar-refractivity contribution is 5.90. The van der Waals surface area contributed by atoms with Crippen LogP contribution in [0.4, 0.5) is 9.59 Å². The molecule has 0 aromatic heterocycles. The summed E-state index contributed by atoms with van der Waals surface area (Å²) in [6, 6.07) is 3.08. The van der Waals surface area contributed by atoms with Crippen molar-refractivity contribution in [3.05, 3.63) is 54.1 Å². The van der Waals surface area contributed by atoms with Gasteiger partial charge in [0.1, 0.15) is 23.8 Å². The van der Waals surface area contributed by atoms with Crippen LogP contribution in [0.1, 0.15) is 70.6 Å². The zero-order valence-corrected chi connectivity index (χ0v) is 27.4. The number of hydrogen-bond donors (Lipinski definition) is 3. The fourth-order valence-electron chi connectivity index (χ4n) is 5.57. The molecule has 1 saturated heterocycles. The van der Waals surface area contributed by atoms with E-state index in [1.54, 1.807) is 32.9 Å². The quantitative estimate of drug-likeness (QED) is 0.162. The Labute approximate surface area is 270 Å². The first-order valence-corrected chi connectivity index (χ1v) is 15.5. The number of carbonyl (C=O) groups excluding carboxylic acids is 4. The molecule has 12 nitrogen and oxygen atoms in total. The van der Waals surface area contributed by atoms with Gasteiger partial charge in [0.15, 0.2) is 0 Å². The van der Waals surface area contributed by atoms with E-state index in [9.17, 15) is 29.1 Å². The van der Waals surface area contributed by atoms with Crippen molar-refractivity contribution in [3.8, 4) is 0 Å². The van der Waals surface area contributed by atoms with Crippen LogP contribution in [-0.4, -0.2) is 83.5 Å². The van der Waals surface area contributed by atoms with Crippen molar-refractivity contribution in [1.29, 1.82) is 0 Å². The van der Waals surface area contributed by atoms with Gasteiger partial charge < -0.3 is 34.9 Å². The SMILES string of the molecule is C=CCCC(C)(C)COC(=O)N[C@@H](CNC(=O)OC(C)(C)C)C(=O)N1CC(OC(=O)C2Cc3cccc(C=C)c3C2)CC1C(=O)O. The molecule has 46 heavy (non-hydrogen) atoms. The summed E-state index contributed by atoms with van der Waals surface area (Å²) in [7, 11) is 0.